The first-order valence-electron chi connectivity index (χ1n) is 9.29. The van der Waals surface area contributed by atoms with Gasteiger partial charge in [-0.3, -0.25) is 4.18 Å². The van der Waals surface area contributed by atoms with Crippen molar-refractivity contribution in [2.45, 2.75) is 81.8 Å². The van der Waals surface area contributed by atoms with Gasteiger partial charge in [-0.1, -0.05) is 17.7 Å². The zero-order chi connectivity index (χ0) is 20.3. The summed E-state index contributed by atoms with van der Waals surface area (Å²) in [5.74, 6) is -1.69. The second-order valence-corrected chi connectivity index (χ2v) is 9.84. The van der Waals surface area contributed by atoms with Gasteiger partial charge in [0.1, 0.15) is 24.4 Å². The Labute approximate surface area is 165 Å². The van der Waals surface area contributed by atoms with Crippen molar-refractivity contribution in [2.24, 2.45) is 0 Å². The average Bonchev–Trinajstić information content (AvgIpc) is 3.18. The molecule has 0 saturated carbocycles. The van der Waals surface area contributed by atoms with Crippen molar-refractivity contribution in [1.29, 1.82) is 0 Å². The molecule has 4 rings (SSSR count). The topological polar surface area (TPSA) is 89.5 Å². The first-order valence-corrected chi connectivity index (χ1v) is 10.7. The molecule has 3 fully saturated rings. The Morgan fingerprint density at radius 2 is 1.64 bits per heavy atom. The standard InChI is InChI=1S/C19H26O8S/c1-11-6-8-12(9-7-11)28(20,21)27-15-14(13-10-22-18(2,3)24-13)23-17-16(15)25-19(4,5)26-17/h6-9,13-17H,10H2,1-5H3/t13-,14-,15+,16-,17-/m0/s1. The second-order valence-electron chi connectivity index (χ2n) is 8.26. The number of ether oxygens (including phenoxy) is 5. The van der Waals surface area contributed by atoms with Crippen molar-refractivity contribution in [3.63, 3.8) is 0 Å². The van der Waals surface area contributed by atoms with Gasteiger partial charge in [0.2, 0.25) is 0 Å². The first kappa shape index (κ1) is 20.2. The maximum Gasteiger partial charge on any atom is 0.297 e. The van der Waals surface area contributed by atoms with Crippen molar-refractivity contribution in [3.8, 4) is 0 Å². The Hall–Kier alpha value is -1.07. The molecule has 0 aliphatic carbocycles. The van der Waals surface area contributed by atoms with Crippen molar-refractivity contribution in [2.75, 3.05) is 6.61 Å². The Kier molecular flexibility index (Phi) is 4.86. The lowest BCUT2D eigenvalue weighted by molar-refractivity contribution is -0.230. The molecule has 1 aromatic rings. The molecule has 0 bridgehead atoms. The maximum absolute atomic E-state index is 12.9. The van der Waals surface area contributed by atoms with Crippen LogP contribution in [0.1, 0.15) is 33.3 Å². The fourth-order valence-electron chi connectivity index (χ4n) is 3.70. The van der Waals surface area contributed by atoms with E-state index in [1.54, 1.807) is 39.8 Å². The molecule has 5 atom stereocenters. The second kappa shape index (κ2) is 6.73. The summed E-state index contributed by atoms with van der Waals surface area (Å²) in [6.07, 6.45) is -3.60. The van der Waals surface area contributed by atoms with E-state index in [2.05, 4.69) is 0 Å². The highest BCUT2D eigenvalue weighted by molar-refractivity contribution is 7.86. The lowest BCUT2D eigenvalue weighted by atomic mass is 10.1. The molecule has 9 heteroatoms. The summed E-state index contributed by atoms with van der Waals surface area (Å²) in [6, 6.07) is 6.47. The van der Waals surface area contributed by atoms with Gasteiger partial charge in [-0.25, -0.2) is 0 Å². The highest BCUT2D eigenvalue weighted by atomic mass is 32.2. The van der Waals surface area contributed by atoms with Crippen LogP contribution in [0.15, 0.2) is 29.2 Å². The van der Waals surface area contributed by atoms with Crippen molar-refractivity contribution < 1.29 is 36.3 Å². The summed E-state index contributed by atoms with van der Waals surface area (Å²) in [7, 11) is -4.04. The molecular formula is C19H26O8S. The van der Waals surface area contributed by atoms with Crippen LogP contribution in [0.4, 0.5) is 0 Å². The van der Waals surface area contributed by atoms with Crippen LogP contribution in [0.2, 0.25) is 0 Å². The number of hydrogen-bond donors (Lipinski definition) is 0. The van der Waals surface area contributed by atoms with Crippen molar-refractivity contribution >= 4 is 10.1 Å². The van der Waals surface area contributed by atoms with E-state index in [0.717, 1.165) is 5.56 Å². The normalized spacial score (nSPS) is 36.5. The van der Waals surface area contributed by atoms with Gasteiger partial charge in [-0.05, 0) is 46.8 Å². The molecule has 156 valence electrons. The molecule has 0 radical (unpaired) electrons. The smallest absolute Gasteiger partial charge is 0.297 e. The Morgan fingerprint density at radius 1 is 0.964 bits per heavy atom. The van der Waals surface area contributed by atoms with Gasteiger partial charge < -0.3 is 23.7 Å². The molecule has 0 N–H and O–H groups in total. The third-order valence-electron chi connectivity index (χ3n) is 4.97. The monoisotopic (exact) mass is 414 g/mol. The van der Waals surface area contributed by atoms with Gasteiger partial charge in [-0.15, -0.1) is 0 Å². The van der Waals surface area contributed by atoms with Crippen LogP contribution in [0.25, 0.3) is 0 Å². The van der Waals surface area contributed by atoms with Crippen LogP contribution in [-0.4, -0.2) is 57.3 Å². The van der Waals surface area contributed by atoms with Crippen LogP contribution >= 0.6 is 0 Å². The molecule has 0 spiro atoms. The number of hydrogen-bond acceptors (Lipinski definition) is 8. The van der Waals surface area contributed by atoms with Crippen LogP contribution in [0, 0.1) is 6.92 Å². The van der Waals surface area contributed by atoms with Gasteiger partial charge in [0.05, 0.1) is 11.5 Å². The van der Waals surface area contributed by atoms with E-state index in [0.29, 0.717) is 0 Å². The number of aryl methyl sites for hydroxylation is 1. The highest BCUT2D eigenvalue weighted by Crippen LogP contribution is 2.42. The predicted molar refractivity (Wildman–Crippen MR) is 96.8 cm³/mol. The molecule has 3 saturated heterocycles. The number of benzene rings is 1. The molecule has 0 amide bonds. The summed E-state index contributed by atoms with van der Waals surface area (Å²) < 4.78 is 60.5. The quantitative estimate of drug-likeness (QED) is 0.692. The number of fused-ring (bicyclic) bond motifs is 1. The van der Waals surface area contributed by atoms with Crippen LogP contribution in [-0.2, 0) is 38.0 Å². The van der Waals surface area contributed by atoms with E-state index >= 15 is 0 Å². The van der Waals surface area contributed by atoms with E-state index in [9.17, 15) is 8.42 Å². The average molecular weight is 414 g/mol. The Bertz CT molecular complexity index is 832. The SMILES string of the molecule is Cc1ccc(S(=O)(=O)O[C@H]2[C@@H]3OC(C)(C)O[C@@H]3O[C@H]2[C@@H]2COC(C)(C)O2)cc1. The molecule has 8 nitrogen and oxygen atoms in total. The van der Waals surface area contributed by atoms with Crippen LogP contribution in [0.3, 0.4) is 0 Å². The van der Waals surface area contributed by atoms with Gasteiger partial charge in [-0.2, -0.15) is 8.42 Å². The molecule has 0 aromatic heterocycles. The fourth-order valence-corrected chi connectivity index (χ4v) is 4.79. The summed E-state index contributed by atoms with van der Waals surface area (Å²) in [5, 5.41) is 0. The third-order valence-corrected chi connectivity index (χ3v) is 6.30. The van der Waals surface area contributed by atoms with E-state index in [-0.39, 0.29) is 11.5 Å². The highest BCUT2D eigenvalue weighted by Gasteiger charge is 2.60. The van der Waals surface area contributed by atoms with Crippen LogP contribution < -0.4 is 0 Å². The van der Waals surface area contributed by atoms with E-state index in [4.69, 9.17) is 27.9 Å². The zero-order valence-electron chi connectivity index (χ0n) is 16.6. The molecule has 0 unspecified atom stereocenters. The van der Waals surface area contributed by atoms with E-state index in [1.807, 2.05) is 6.92 Å². The lowest BCUT2D eigenvalue weighted by Gasteiger charge is -2.28. The van der Waals surface area contributed by atoms with Gasteiger partial charge in [0, 0.05) is 0 Å². The lowest BCUT2D eigenvalue weighted by Crippen LogP contribution is -2.45. The molecule has 28 heavy (non-hydrogen) atoms. The third kappa shape index (κ3) is 3.85. The molecule has 3 aliphatic rings. The minimum atomic E-state index is -4.04. The summed E-state index contributed by atoms with van der Waals surface area (Å²) in [5.41, 5.74) is 0.953. The number of rotatable bonds is 4. The maximum atomic E-state index is 12.9. The Balaban J connectivity index is 1.61. The van der Waals surface area contributed by atoms with Crippen LogP contribution in [0.5, 0.6) is 0 Å². The Morgan fingerprint density at radius 3 is 2.25 bits per heavy atom. The first-order chi connectivity index (χ1) is 13.0. The van der Waals surface area contributed by atoms with Crippen molar-refractivity contribution in [3.05, 3.63) is 29.8 Å². The molecular weight excluding hydrogens is 388 g/mol. The van der Waals surface area contributed by atoms with Gasteiger partial charge in [0.15, 0.2) is 17.9 Å². The summed E-state index contributed by atoms with van der Waals surface area (Å²) in [4.78, 5) is 0.0717. The minimum absolute atomic E-state index is 0.0717. The summed E-state index contributed by atoms with van der Waals surface area (Å²) in [6.45, 7) is 9.20. The fraction of sp³-hybridized carbons (Fsp3) is 0.684. The molecule has 3 aliphatic heterocycles. The largest absolute Gasteiger partial charge is 0.348 e. The zero-order valence-corrected chi connectivity index (χ0v) is 17.4. The minimum Gasteiger partial charge on any atom is -0.348 e. The van der Waals surface area contributed by atoms with E-state index < -0.39 is 52.4 Å². The molecule has 3 heterocycles. The molecule has 1 aromatic carbocycles. The van der Waals surface area contributed by atoms with Gasteiger partial charge in [0.25, 0.3) is 10.1 Å². The van der Waals surface area contributed by atoms with Crippen molar-refractivity contribution in [1.82, 2.24) is 0 Å². The van der Waals surface area contributed by atoms with Gasteiger partial charge >= 0.3 is 0 Å². The summed E-state index contributed by atoms with van der Waals surface area (Å²) >= 11 is 0. The predicted octanol–water partition coefficient (Wildman–Crippen LogP) is 2.10. The van der Waals surface area contributed by atoms with E-state index in [1.165, 1.54) is 12.1 Å².